The highest BCUT2D eigenvalue weighted by atomic mass is 32.2. The molecule has 3 aromatic carbocycles. The van der Waals surface area contributed by atoms with Gasteiger partial charge in [0, 0.05) is 16.9 Å². The molecule has 0 radical (unpaired) electrons. The van der Waals surface area contributed by atoms with Crippen LogP contribution in [0.1, 0.15) is 0 Å². The lowest BCUT2D eigenvalue weighted by Gasteiger charge is -2.09. The maximum Gasteiger partial charge on any atom is 0.209 e. The van der Waals surface area contributed by atoms with E-state index in [0.717, 1.165) is 34.0 Å². The van der Waals surface area contributed by atoms with Gasteiger partial charge in [-0.1, -0.05) is 90.6 Å². The van der Waals surface area contributed by atoms with Crippen LogP contribution in [0.25, 0.3) is 22.5 Å². The molecular weight excluding hydrogens is 366 g/mol. The Morgan fingerprint density at radius 1 is 0.643 bits per heavy atom. The summed E-state index contributed by atoms with van der Waals surface area (Å²) in [5.74, 6) is 1.61. The second kappa shape index (κ2) is 9.15. The van der Waals surface area contributed by atoms with Gasteiger partial charge in [0.15, 0.2) is 0 Å². The summed E-state index contributed by atoms with van der Waals surface area (Å²) in [4.78, 5) is 4.80. The van der Waals surface area contributed by atoms with Gasteiger partial charge in [0.2, 0.25) is 5.16 Å². The standard InChI is InChI=1S/C23H19N3OS/c1-4-10-18(11-5-1)21-22(19-12-6-2-7-13-19)25-26-23(24-21)28-17-16-27-20-14-8-3-9-15-20/h1-15H,16-17H2. The van der Waals surface area contributed by atoms with Gasteiger partial charge in [-0.15, -0.1) is 10.2 Å². The van der Waals surface area contributed by atoms with Crippen molar-refractivity contribution in [3.05, 3.63) is 91.0 Å². The van der Waals surface area contributed by atoms with Gasteiger partial charge in [-0.25, -0.2) is 4.98 Å². The van der Waals surface area contributed by atoms with Crippen molar-refractivity contribution in [2.24, 2.45) is 0 Å². The fraction of sp³-hybridized carbons (Fsp3) is 0.0870. The van der Waals surface area contributed by atoms with E-state index >= 15 is 0 Å². The molecule has 4 aromatic rings. The van der Waals surface area contributed by atoms with Crippen molar-refractivity contribution in [1.82, 2.24) is 15.2 Å². The molecule has 0 atom stereocenters. The lowest BCUT2D eigenvalue weighted by Crippen LogP contribution is -2.03. The van der Waals surface area contributed by atoms with E-state index in [1.165, 1.54) is 0 Å². The topological polar surface area (TPSA) is 47.9 Å². The zero-order valence-electron chi connectivity index (χ0n) is 15.2. The first-order chi connectivity index (χ1) is 13.9. The summed E-state index contributed by atoms with van der Waals surface area (Å²) in [7, 11) is 0. The highest BCUT2D eigenvalue weighted by Gasteiger charge is 2.13. The van der Waals surface area contributed by atoms with Crippen LogP contribution < -0.4 is 4.74 Å². The van der Waals surface area contributed by atoms with E-state index in [4.69, 9.17) is 9.72 Å². The molecule has 138 valence electrons. The summed E-state index contributed by atoms with van der Waals surface area (Å²) < 4.78 is 5.74. The molecule has 0 bridgehead atoms. The minimum absolute atomic E-state index is 0.582. The summed E-state index contributed by atoms with van der Waals surface area (Å²) in [6, 6.07) is 29.9. The van der Waals surface area contributed by atoms with Crippen molar-refractivity contribution in [2.45, 2.75) is 5.16 Å². The predicted octanol–water partition coefficient (Wildman–Crippen LogP) is 5.38. The maximum atomic E-state index is 5.74. The second-order valence-corrected chi connectivity index (χ2v) is 7.10. The first kappa shape index (κ1) is 18.2. The third kappa shape index (κ3) is 4.56. The molecule has 1 aromatic heterocycles. The molecule has 0 aliphatic heterocycles. The first-order valence-corrected chi connectivity index (χ1v) is 10.0. The van der Waals surface area contributed by atoms with Gasteiger partial charge in [-0.3, -0.25) is 0 Å². The number of rotatable bonds is 7. The van der Waals surface area contributed by atoms with E-state index in [2.05, 4.69) is 10.2 Å². The van der Waals surface area contributed by atoms with Crippen molar-refractivity contribution >= 4 is 11.8 Å². The summed E-state index contributed by atoms with van der Waals surface area (Å²) in [6.45, 7) is 0.582. The average molecular weight is 385 g/mol. The zero-order valence-corrected chi connectivity index (χ0v) is 16.0. The van der Waals surface area contributed by atoms with Crippen LogP contribution >= 0.6 is 11.8 Å². The Morgan fingerprint density at radius 2 is 1.21 bits per heavy atom. The fourth-order valence-corrected chi connectivity index (χ4v) is 3.37. The van der Waals surface area contributed by atoms with Crippen LogP contribution in [0, 0.1) is 0 Å². The lowest BCUT2D eigenvalue weighted by molar-refractivity contribution is 0.344. The normalized spacial score (nSPS) is 10.6. The summed E-state index contributed by atoms with van der Waals surface area (Å²) in [5, 5.41) is 9.47. The van der Waals surface area contributed by atoms with E-state index in [1.54, 1.807) is 11.8 Å². The summed E-state index contributed by atoms with van der Waals surface area (Å²) >= 11 is 1.54. The minimum Gasteiger partial charge on any atom is -0.493 e. The van der Waals surface area contributed by atoms with Gasteiger partial charge >= 0.3 is 0 Å². The van der Waals surface area contributed by atoms with Crippen molar-refractivity contribution in [3.63, 3.8) is 0 Å². The van der Waals surface area contributed by atoms with Crippen molar-refractivity contribution in [1.29, 1.82) is 0 Å². The number of nitrogens with zero attached hydrogens (tertiary/aromatic N) is 3. The van der Waals surface area contributed by atoms with Crippen molar-refractivity contribution < 1.29 is 4.74 Å². The molecule has 0 aliphatic carbocycles. The van der Waals surface area contributed by atoms with Gasteiger partial charge in [-0.2, -0.15) is 0 Å². The predicted molar refractivity (Wildman–Crippen MR) is 113 cm³/mol. The second-order valence-electron chi connectivity index (χ2n) is 6.03. The van der Waals surface area contributed by atoms with Crippen LogP contribution in [0.4, 0.5) is 0 Å². The number of para-hydroxylation sites is 1. The molecule has 0 amide bonds. The van der Waals surface area contributed by atoms with E-state index in [-0.39, 0.29) is 0 Å². The Hall–Kier alpha value is -3.18. The summed E-state index contributed by atoms with van der Waals surface area (Å²) in [5.41, 5.74) is 3.66. The minimum atomic E-state index is 0.582. The lowest BCUT2D eigenvalue weighted by atomic mass is 10.0. The van der Waals surface area contributed by atoms with Crippen LogP contribution in [-0.4, -0.2) is 27.5 Å². The average Bonchev–Trinajstić information content (AvgIpc) is 2.78. The van der Waals surface area contributed by atoms with E-state index < -0.39 is 0 Å². The number of thioether (sulfide) groups is 1. The highest BCUT2D eigenvalue weighted by Crippen LogP contribution is 2.29. The monoisotopic (exact) mass is 385 g/mol. The van der Waals surface area contributed by atoms with E-state index in [9.17, 15) is 0 Å². The quantitative estimate of drug-likeness (QED) is 0.316. The molecule has 28 heavy (non-hydrogen) atoms. The number of hydrogen-bond donors (Lipinski definition) is 0. The Labute approximate surface area is 168 Å². The maximum absolute atomic E-state index is 5.74. The van der Waals surface area contributed by atoms with Crippen LogP contribution in [0.15, 0.2) is 96.2 Å². The van der Waals surface area contributed by atoms with Crippen LogP contribution in [-0.2, 0) is 0 Å². The highest BCUT2D eigenvalue weighted by molar-refractivity contribution is 7.99. The number of benzene rings is 3. The molecule has 0 spiro atoms. The molecule has 0 unspecified atom stereocenters. The third-order valence-electron chi connectivity index (χ3n) is 4.09. The Bertz CT molecular complexity index is 1010. The Kier molecular flexibility index (Phi) is 5.95. The fourth-order valence-electron chi connectivity index (χ4n) is 2.77. The van der Waals surface area contributed by atoms with E-state index in [1.807, 2.05) is 91.0 Å². The molecule has 5 heteroatoms. The third-order valence-corrected chi connectivity index (χ3v) is 4.89. The Balaban J connectivity index is 1.53. The van der Waals surface area contributed by atoms with Gasteiger partial charge in [0.1, 0.15) is 17.1 Å². The molecule has 0 N–H and O–H groups in total. The zero-order chi connectivity index (χ0) is 19.0. The molecule has 0 fully saturated rings. The van der Waals surface area contributed by atoms with Gasteiger partial charge in [-0.05, 0) is 12.1 Å². The number of ether oxygens (including phenoxy) is 1. The molecule has 4 rings (SSSR count). The van der Waals surface area contributed by atoms with Crippen LogP contribution in [0.3, 0.4) is 0 Å². The smallest absolute Gasteiger partial charge is 0.209 e. The molecule has 1 heterocycles. The molecule has 0 aliphatic rings. The summed E-state index contributed by atoms with van der Waals surface area (Å²) in [6.07, 6.45) is 0. The van der Waals surface area contributed by atoms with Gasteiger partial charge < -0.3 is 4.74 Å². The molecular formula is C23H19N3OS. The van der Waals surface area contributed by atoms with Gasteiger partial charge in [0.05, 0.1) is 6.61 Å². The largest absolute Gasteiger partial charge is 0.493 e. The number of hydrogen-bond acceptors (Lipinski definition) is 5. The van der Waals surface area contributed by atoms with Gasteiger partial charge in [0.25, 0.3) is 0 Å². The van der Waals surface area contributed by atoms with Crippen LogP contribution in [0.2, 0.25) is 0 Å². The SMILES string of the molecule is c1ccc(OCCSc2nnc(-c3ccccc3)c(-c3ccccc3)n2)cc1. The number of aromatic nitrogens is 3. The Morgan fingerprint density at radius 3 is 1.86 bits per heavy atom. The van der Waals surface area contributed by atoms with Crippen LogP contribution in [0.5, 0.6) is 5.75 Å². The van der Waals surface area contributed by atoms with E-state index in [0.29, 0.717) is 11.8 Å². The van der Waals surface area contributed by atoms with Crippen molar-refractivity contribution in [3.8, 4) is 28.3 Å². The molecule has 4 nitrogen and oxygen atoms in total. The molecule has 0 saturated carbocycles. The van der Waals surface area contributed by atoms with Crippen molar-refractivity contribution in [2.75, 3.05) is 12.4 Å². The molecule has 0 saturated heterocycles. The first-order valence-electron chi connectivity index (χ1n) is 9.06.